The summed E-state index contributed by atoms with van der Waals surface area (Å²) in [5, 5.41) is 13.5. The first-order chi connectivity index (χ1) is 13.4. The molecule has 2 spiro atoms. The highest BCUT2D eigenvalue weighted by molar-refractivity contribution is 8.13. The van der Waals surface area contributed by atoms with Gasteiger partial charge in [-0.25, -0.2) is 9.40 Å². The van der Waals surface area contributed by atoms with Crippen LogP contribution in [-0.4, -0.2) is 62.3 Å². The van der Waals surface area contributed by atoms with Crippen LogP contribution in [0.15, 0.2) is 40.8 Å². The number of piperidine rings is 1. The van der Waals surface area contributed by atoms with Gasteiger partial charge in [-0.1, -0.05) is 17.8 Å². The lowest BCUT2D eigenvalue weighted by Crippen LogP contribution is -2.65. The van der Waals surface area contributed by atoms with Crippen molar-refractivity contribution in [2.45, 2.75) is 36.0 Å². The average Bonchev–Trinajstić information content (AvgIpc) is 3.03. The van der Waals surface area contributed by atoms with Crippen molar-refractivity contribution in [2.24, 2.45) is 16.8 Å². The summed E-state index contributed by atoms with van der Waals surface area (Å²) in [6.45, 7) is 1.85. The van der Waals surface area contributed by atoms with E-state index in [4.69, 9.17) is 4.99 Å². The minimum Gasteiger partial charge on any atom is -0.481 e. The van der Waals surface area contributed by atoms with Crippen molar-refractivity contribution in [1.82, 2.24) is 10.0 Å². The molecular weight excluding hydrogens is 381 g/mol. The van der Waals surface area contributed by atoms with Gasteiger partial charge >= 0.3 is 5.97 Å². The van der Waals surface area contributed by atoms with Crippen LogP contribution < -0.4 is 0 Å². The van der Waals surface area contributed by atoms with Crippen molar-refractivity contribution in [3.05, 3.63) is 35.8 Å². The monoisotopic (exact) mass is 403 g/mol. The molecule has 0 bridgehead atoms. The summed E-state index contributed by atoms with van der Waals surface area (Å²) in [5.41, 5.74) is 2.13. The number of Topliss-reactive ketones (excluding diaryl/α,β-unsaturated/α-hetero) is 1. The van der Waals surface area contributed by atoms with Gasteiger partial charge in [0, 0.05) is 25.2 Å². The number of carboxylic acids is 1. The van der Waals surface area contributed by atoms with Crippen molar-refractivity contribution in [1.29, 1.82) is 0 Å². The average molecular weight is 403 g/mol. The molecular formula is C20H22FN3O3S. The quantitative estimate of drug-likeness (QED) is 0.764. The van der Waals surface area contributed by atoms with Crippen molar-refractivity contribution in [3.8, 4) is 0 Å². The molecule has 148 valence electrons. The van der Waals surface area contributed by atoms with E-state index in [-0.39, 0.29) is 29.9 Å². The number of carboxylic acid groups (broad SMARTS) is 1. The number of thioether (sulfide) groups is 1. The van der Waals surface area contributed by atoms with Crippen molar-refractivity contribution in [2.75, 3.05) is 19.6 Å². The van der Waals surface area contributed by atoms with E-state index in [9.17, 15) is 19.1 Å². The topological polar surface area (TPSA) is 73.2 Å². The number of carbonyl (C=O) groups excluding carboxylic acids is 1. The number of ketones is 1. The zero-order chi connectivity index (χ0) is 19.5. The molecule has 5 rings (SSSR count). The third-order valence-electron chi connectivity index (χ3n) is 6.84. The smallest absolute Gasteiger partial charge is 0.306 e. The van der Waals surface area contributed by atoms with Gasteiger partial charge in [0.1, 0.15) is 17.1 Å². The normalized spacial score (nSPS) is 37.8. The Morgan fingerprint density at radius 1 is 1.36 bits per heavy atom. The molecule has 0 aromatic carbocycles. The number of aliphatic carboxylic acids is 1. The van der Waals surface area contributed by atoms with E-state index in [0.717, 1.165) is 5.57 Å². The predicted octanol–water partition coefficient (Wildman–Crippen LogP) is 2.55. The molecule has 3 atom stereocenters. The Hall–Kier alpha value is -1.93. The molecule has 1 saturated heterocycles. The van der Waals surface area contributed by atoms with E-state index < -0.39 is 16.3 Å². The third-order valence-corrected chi connectivity index (χ3v) is 8.18. The van der Waals surface area contributed by atoms with E-state index in [1.807, 2.05) is 12.3 Å². The predicted molar refractivity (Wildman–Crippen MR) is 104 cm³/mol. The first-order valence-corrected chi connectivity index (χ1v) is 10.6. The van der Waals surface area contributed by atoms with Gasteiger partial charge in [0.2, 0.25) is 0 Å². The molecule has 3 aliphatic heterocycles. The van der Waals surface area contributed by atoms with Crippen LogP contribution in [0.1, 0.15) is 25.7 Å². The Balaban J connectivity index is 1.48. The lowest BCUT2D eigenvalue weighted by molar-refractivity contribution is -0.145. The van der Waals surface area contributed by atoms with Crippen LogP contribution in [-0.2, 0) is 9.59 Å². The molecule has 0 aromatic heterocycles. The summed E-state index contributed by atoms with van der Waals surface area (Å²) in [6, 6.07) is 0. The van der Waals surface area contributed by atoms with Crippen molar-refractivity contribution >= 4 is 29.1 Å². The SMILES string of the molecule is O=C(O)C1CCN(N2C=CC3=CCC4C(=O)CC(F)=CC45SC=NC35C2)CC1. The van der Waals surface area contributed by atoms with Crippen LogP contribution in [0.2, 0.25) is 0 Å². The molecule has 0 amide bonds. The zero-order valence-electron chi connectivity index (χ0n) is 15.4. The number of rotatable bonds is 2. The van der Waals surface area contributed by atoms with Crippen LogP contribution in [0.25, 0.3) is 0 Å². The summed E-state index contributed by atoms with van der Waals surface area (Å²) in [7, 11) is 0. The second-order valence-electron chi connectivity index (χ2n) is 8.17. The van der Waals surface area contributed by atoms with E-state index in [1.54, 1.807) is 11.6 Å². The zero-order valence-corrected chi connectivity index (χ0v) is 16.2. The molecule has 0 radical (unpaired) electrons. The lowest BCUT2D eigenvalue weighted by atomic mass is 9.61. The summed E-state index contributed by atoms with van der Waals surface area (Å²) < 4.78 is 13.7. The molecule has 6 nitrogen and oxygen atoms in total. The third kappa shape index (κ3) is 2.40. The van der Waals surface area contributed by atoms with Gasteiger partial charge in [-0.15, -0.1) is 0 Å². The number of halogens is 1. The second kappa shape index (κ2) is 6.29. The Morgan fingerprint density at radius 2 is 2.14 bits per heavy atom. The molecule has 5 aliphatic rings. The fourth-order valence-corrected chi connectivity index (χ4v) is 6.76. The standard InChI is InChI=1S/C20H22FN3O3S/c21-15-9-17(25)16-2-1-14-5-8-24(23-6-3-13(4-7-23)18(26)27)11-19(14)20(16,10-15)28-12-22-19/h1,5,8,10,12-13,16H,2-4,6-7,9,11H2,(H,26,27). The molecule has 3 unspecified atom stereocenters. The number of hydrazine groups is 1. The van der Waals surface area contributed by atoms with E-state index >= 15 is 0 Å². The summed E-state index contributed by atoms with van der Waals surface area (Å²) >= 11 is 1.47. The Morgan fingerprint density at radius 3 is 2.89 bits per heavy atom. The highest BCUT2D eigenvalue weighted by atomic mass is 32.2. The lowest BCUT2D eigenvalue weighted by Gasteiger charge is -2.55. The van der Waals surface area contributed by atoms with Crippen LogP contribution in [0.5, 0.6) is 0 Å². The van der Waals surface area contributed by atoms with E-state index in [1.165, 1.54) is 11.8 Å². The van der Waals surface area contributed by atoms with Gasteiger partial charge in [0.05, 0.1) is 29.2 Å². The molecule has 28 heavy (non-hydrogen) atoms. The highest BCUT2D eigenvalue weighted by Gasteiger charge is 2.65. The maximum atomic E-state index is 14.4. The highest BCUT2D eigenvalue weighted by Crippen LogP contribution is 2.60. The van der Waals surface area contributed by atoms with Crippen LogP contribution in [0.4, 0.5) is 4.39 Å². The van der Waals surface area contributed by atoms with Gasteiger partial charge < -0.3 is 10.1 Å². The van der Waals surface area contributed by atoms with Crippen molar-refractivity contribution < 1.29 is 19.1 Å². The Bertz CT molecular complexity index is 861. The first-order valence-electron chi connectivity index (χ1n) is 9.70. The summed E-state index contributed by atoms with van der Waals surface area (Å²) in [6.07, 6.45) is 9.48. The minimum atomic E-state index is -0.732. The second-order valence-corrected chi connectivity index (χ2v) is 9.29. The largest absolute Gasteiger partial charge is 0.481 e. The first kappa shape index (κ1) is 18.1. The molecule has 1 N–H and O–H groups in total. The van der Waals surface area contributed by atoms with Gasteiger partial charge in [-0.3, -0.25) is 14.6 Å². The van der Waals surface area contributed by atoms with Crippen molar-refractivity contribution in [3.63, 3.8) is 0 Å². The molecule has 0 saturated carbocycles. The summed E-state index contributed by atoms with van der Waals surface area (Å²) in [5.74, 6) is -1.70. The minimum absolute atomic E-state index is 0.0453. The van der Waals surface area contributed by atoms with E-state index in [2.05, 4.69) is 16.1 Å². The van der Waals surface area contributed by atoms with Gasteiger partial charge in [-0.05, 0) is 37.0 Å². The maximum absolute atomic E-state index is 14.4. The number of hydrogen-bond donors (Lipinski definition) is 1. The van der Waals surface area contributed by atoms with Gasteiger partial charge in [0.25, 0.3) is 0 Å². The van der Waals surface area contributed by atoms with Crippen LogP contribution in [0, 0.1) is 11.8 Å². The molecule has 3 heterocycles. The Labute approximate surface area is 166 Å². The van der Waals surface area contributed by atoms with Gasteiger partial charge in [0.15, 0.2) is 0 Å². The molecule has 8 heteroatoms. The number of aliphatic imine (C=N–C) groups is 1. The summed E-state index contributed by atoms with van der Waals surface area (Å²) in [4.78, 5) is 28.7. The van der Waals surface area contributed by atoms with E-state index in [0.29, 0.717) is 38.9 Å². The fraction of sp³-hybridized carbons (Fsp3) is 0.550. The maximum Gasteiger partial charge on any atom is 0.306 e. The molecule has 0 aromatic rings. The molecule has 1 fully saturated rings. The number of nitrogens with zero attached hydrogens (tertiary/aromatic N) is 3. The number of hydrogen-bond acceptors (Lipinski definition) is 6. The molecule has 2 aliphatic carbocycles. The van der Waals surface area contributed by atoms with Gasteiger partial charge in [-0.2, -0.15) is 0 Å². The Kier molecular flexibility index (Phi) is 4.07. The van der Waals surface area contributed by atoms with Crippen LogP contribution >= 0.6 is 11.8 Å². The number of allylic oxidation sites excluding steroid dienone is 2. The van der Waals surface area contributed by atoms with Crippen LogP contribution in [0.3, 0.4) is 0 Å². The fourth-order valence-electron chi connectivity index (χ4n) is 5.34. The number of carbonyl (C=O) groups is 2.